The van der Waals surface area contributed by atoms with E-state index in [1.165, 1.54) is 12.0 Å². The van der Waals surface area contributed by atoms with E-state index in [9.17, 15) is 24.3 Å². The van der Waals surface area contributed by atoms with Gasteiger partial charge in [-0.15, -0.1) is 0 Å². The standard InChI is InChI=1S/C35H45N3O8/c1-22(20-39)38-31-33(42)37(24-14-8-4-9-15-24)19-11-5-10-16-27(40)36-25(21-44-2)30(23-12-6-3-7-13-23)45-34(43)28-26-17-18-35(31,46-26)29(28)32(38)41/h3,5-7,11-13,17-18,22,24-26,28-31,39H,4,8-10,14-16,19-21H2,1-2H3,(H,36,40)/b11-5-/t22-,25-,26+,28-,29-,30-,31+,35-/m1/s1. The Morgan fingerprint density at radius 1 is 1.07 bits per heavy atom. The summed E-state index contributed by atoms with van der Waals surface area (Å²) in [6, 6.07) is 6.68. The lowest BCUT2D eigenvalue weighted by molar-refractivity contribution is -0.163. The molecule has 5 aliphatic rings. The number of ether oxygens (including phenoxy) is 3. The third-order valence-corrected chi connectivity index (χ3v) is 10.3. The number of cyclic esters (lactones) is 1. The molecule has 8 atom stereocenters. The molecule has 2 saturated heterocycles. The Labute approximate surface area is 269 Å². The van der Waals surface area contributed by atoms with Crippen LogP contribution in [0.3, 0.4) is 0 Å². The Kier molecular flexibility index (Phi) is 9.63. The monoisotopic (exact) mass is 635 g/mol. The SMILES string of the molecule is COC[C@H]1NC(=O)CC/C=C\CN(C2CCCCC2)C(=O)[C@@H]2N([C@H](C)CO)C(=O)[C@H]3[C@H](C(=O)O[C@@H]1c1ccccc1)[C@@H]1C=C[C@]23O1. The number of carbonyl (C=O) groups is 4. The van der Waals surface area contributed by atoms with E-state index in [0.717, 1.165) is 32.1 Å². The lowest BCUT2D eigenvalue weighted by atomic mass is 9.74. The summed E-state index contributed by atoms with van der Waals surface area (Å²) in [5.74, 6) is -3.57. The number of aliphatic hydroxyl groups excluding tert-OH is 1. The molecule has 11 heteroatoms. The molecule has 5 bridgehead atoms. The summed E-state index contributed by atoms with van der Waals surface area (Å²) >= 11 is 0. The van der Waals surface area contributed by atoms with Crippen LogP contribution in [-0.4, -0.2) is 101 Å². The third-order valence-electron chi connectivity index (χ3n) is 10.3. The molecule has 1 spiro atoms. The first-order valence-electron chi connectivity index (χ1n) is 16.6. The van der Waals surface area contributed by atoms with Gasteiger partial charge in [0.2, 0.25) is 17.7 Å². The van der Waals surface area contributed by atoms with Crippen molar-refractivity contribution in [3.05, 3.63) is 60.2 Å². The van der Waals surface area contributed by atoms with E-state index in [1.807, 2.05) is 47.4 Å². The zero-order valence-corrected chi connectivity index (χ0v) is 26.6. The van der Waals surface area contributed by atoms with E-state index in [1.54, 1.807) is 19.1 Å². The van der Waals surface area contributed by atoms with Crippen LogP contribution in [0.1, 0.15) is 63.5 Å². The van der Waals surface area contributed by atoms with Crippen molar-refractivity contribution >= 4 is 23.7 Å². The molecule has 1 aliphatic carbocycles. The summed E-state index contributed by atoms with van der Waals surface area (Å²) in [6.45, 7) is 1.76. The Bertz CT molecular complexity index is 1360. The summed E-state index contributed by atoms with van der Waals surface area (Å²) in [7, 11) is 1.52. The first-order valence-corrected chi connectivity index (χ1v) is 16.6. The molecule has 0 unspecified atom stereocenters. The first kappa shape index (κ1) is 32.4. The number of allylic oxidation sites excluding steroid dienone is 1. The Balaban J connectivity index is 1.43. The van der Waals surface area contributed by atoms with Crippen LogP contribution in [0.2, 0.25) is 0 Å². The van der Waals surface area contributed by atoms with Crippen molar-refractivity contribution in [2.24, 2.45) is 11.8 Å². The lowest BCUT2D eigenvalue weighted by Crippen LogP contribution is -2.59. The molecular weight excluding hydrogens is 590 g/mol. The number of hydrogen-bond donors (Lipinski definition) is 2. The summed E-state index contributed by atoms with van der Waals surface area (Å²) in [5, 5.41) is 13.3. The normalized spacial score (nSPS) is 35.2. The predicted molar refractivity (Wildman–Crippen MR) is 167 cm³/mol. The van der Waals surface area contributed by atoms with Gasteiger partial charge in [-0.25, -0.2) is 0 Å². The average molecular weight is 636 g/mol. The van der Waals surface area contributed by atoms with Crippen molar-refractivity contribution in [3.63, 3.8) is 0 Å². The van der Waals surface area contributed by atoms with Crippen LogP contribution in [0.25, 0.3) is 0 Å². The number of nitrogens with zero attached hydrogens (tertiary/aromatic N) is 2. The van der Waals surface area contributed by atoms with Crippen molar-refractivity contribution in [1.29, 1.82) is 0 Å². The van der Waals surface area contributed by atoms with Crippen molar-refractivity contribution in [3.8, 4) is 0 Å². The van der Waals surface area contributed by atoms with Gasteiger partial charge in [-0.2, -0.15) is 0 Å². The number of fused-ring (bicyclic) bond motifs is 2. The van der Waals surface area contributed by atoms with Crippen LogP contribution >= 0.6 is 0 Å². The van der Waals surface area contributed by atoms with Gasteiger partial charge >= 0.3 is 5.97 Å². The molecule has 1 aromatic carbocycles. The van der Waals surface area contributed by atoms with Gasteiger partial charge in [0, 0.05) is 26.1 Å². The number of likely N-dealkylation sites (tertiary alicyclic amines) is 1. The molecule has 11 nitrogen and oxygen atoms in total. The van der Waals surface area contributed by atoms with Gasteiger partial charge in [0.1, 0.15) is 23.7 Å². The smallest absolute Gasteiger partial charge is 0.313 e. The fourth-order valence-corrected chi connectivity index (χ4v) is 8.10. The maximum absolute atomic E-state index is 14.8. The van der Waals surface area contributed by atoms with Crippen LogP contribution in [-0.2, 0) is 33.4 Å². The summed E-state index contributed by atoms with van der Waals surface area (Å²) < 4.78 is 18.3. The quantitative estimate of drug-likeness (QED) is 0.360. The largest absolute Gasteiger partial charge is 0.455 e. The number of carbonyl (C=O) groups excluding carboxylic acids is 4. The molecule has 0 aromatic heterocycles. The molecule has 0 radical (unpaired) electrons. The second-order valence-electron chi connectivity index (χ2n) is 13.2. The minimum absolute atomic E-state index is 0.0158. The van der Waals surface area contributed by atoms with Crippen LogP contribution < -0.4 is 5.32 Å². The second-order valence-corrected chi connectivity index (χ2v) is 13.2. The molecule has 2 N–H and O–H groups in total. The van der Waals surface area contributed by atoms with Crippen molar-refractivity contribution < 1.29 is 38.5 Å². The third kappa shape index (κ3) is 5.77. The minimum Gasteiger partial charge on any atom is -0.455 e. The average Bonchev–Trinajstić information content (AvgIpc) is 3.72. The van der Waals surface area contributed by atoms with Crippen molar-refractivity contribution in [2.75, 3.05) is 26.9 Å². The maximum Gasteiger partial charge on any atom is 0.313 e. The number of benzene rings is 1. The van der Waals surface area contributed by atoms with Crippen LogP contribution in [0.15, 0.2) is 54.6 Å². The van der Waals surface area contributed by atoms with Gasteiger partial charge < -0.3 is 34.4 Å². The maximum atomic E-state index is 14.8. The number of hydrogen-bond acceptors (Lipinski definition) is 8. The molecule has 3 amide bonds. The number of nitrogens with one attached hydrogen (secondary N) is 1. The van der Waals surface area contributed by atoms with Crippen molar-refractivity contribution in [2.45, 2.75) is 93.8 Å². The van der Waals surface area contributed by atoms with E-state index >= 15 is 0 Å². The zero-order chi connectivity index (χ0) is 32.4. The van der Waals surface area contributed by atoms with Gasteiger partial charge in [0.15, 0.2) is 0 Å². The highest BCUT2D eigenvalue weighted by molar-refractivity contribution is 5.99. The highest BCUT2D eigenvalue weighted by atomic mass is 16.6. The van der Waals surface area contributed by atoms with Crippen LogP contribution in [0.4, 0.5) is 0 Å². The van der Waals surface area contributed by atoms with Crippen LogP contribution in [0, 0.1) is 11.8 Å². The highest BCUT2D eigenvalue weighted by Crippen LogP contribution is 2.56. The Morgan fingerprint density at radius 3 is 2.54 bits per heavy atom. The fraction of sp³-hybridized carbons (Fsp3) is 0.600. The van der Waals surface area contributed by atoms with E-state index < -0.39 is 59.6 Å². The summed E-state index contributed by atoms with van der Waals surface area (Å²) in [6.07, 6.45) is 11.2. The molecule has 248 valence electrons. The number of aliphatic hydroxyl groups is 1. The van der Waals surface area contributed by atoms with E-state index in [2.05, 4.69) is 5.32 Å². The number of amides is 3. The van der Waals surface area contributed by atoms with Gasteiger partial charge in [-0.3, -0.25) is 19.2 Å². The first-order chi connectivity index (χ1) is 22.3. The number of rotatable bonds is 6. The molecule has 6 rings (SSSR count). The Hall–Kier alpha value is -3.54. The van der Waals surface area contributed by atoms with Gasteiger partial charge in [-0.05, 0) is 31.7 Å². The second kappa shape index (κ2) is 13.7. The van der Waals surface area contributed by atoms with Crippen molar-refractivity contribution in [1.82, 2.24) is 15.1 Å². The van der Waals surface area contributed by atoms with E-state index in [0.29, 0.717) is 18.5 Å². The van der Waals surface area contributed by atoms with E-state index in [-0.39, 0.29) is 37.5 Å². The fourth-order valence-electron chi connectivity index (χ4n) is 8.10. The summed E-state index contributed by atoms with van der Waals surface area (Å²) in [5.41, 5.74) is -0.714. The van der Waals surface area contributed by atoms with Gasteiger partial charge in [0.05, 0.1) is 37.3 Å². The molecule has 4 heterocycles. The predicted octanol–water partition coefficient (Wildman–Crippen LogP) is 2.44. The minimum atomic E-state index is -1.38. The highest BCUT2D eigenvalue weighted by Gasteiger charge is 2.74. The number of esters is 1. The summed E-state index contributed by atoms with van der Waals surface area (Å²) in [4.78, 5) is 59.9. The van der Waals surface area contributed by atoms with Gasteiger partial charge in [0.25, 0.3) is 0 Å². The lowest BCUT2D eigenvalue weighted by Gasteiger charge is -2.41. The Morgan fingerprint density at radius 2 is 1.83 bits per heavy atom. The molecule has 4 aliphatic heterocycles. The zero-order valence-electron chi connectivity index (χ0n) is 26.6. The molecule has 1 aromatic rings. The number of methoxy groups -OCH3 is 1. The van der Waals surface area contributed by atoms with Gasteiger partial charge in [-0.1, -0.05) is 73.9 Å². The topological polar surface area (TPSA) is 135 Å². The van der Waals surface area contributed by atoms with E-state index in [4.69, 9.17) is 14.2 Å². The molecular formula is C35H45N3O8. The molecule has 46 heavy (non-hydrogen) atoms. The van der Waals surface area contributed by atoms with Crippen LogP contribution in [0.5, 0.6) is 0 Å². The molecule has 1 saturated carbocycles. The molecule has 3 fully saturated rings.